The van der Waals surface area contributed by atoms with E-state index in [1.807, 2.05) is 12.1 Å². The fraction of sp³-hybridized carbons (Fsp3) is 0.429. The molecule has 1 fully saturated rings. The van der Waals surface area contributed by atoms with E-state index in [0.29, 0.717) is 29.3 Å². The maximum absolute atomic E-state index is 13.2. The van der Waals surface area contributed by atoms with Crippen molar-refractivity contribution < 1.29 is 4.79 Å². The Morgan fingerprint density at radius 3 is 2.57 bits per heavy atom. The number of fused-ring (bicyclic) bond motifs is 1. The monoisotopic (exact) mass is 377 g/mol. The molecule has 4 heterocycles. The Labute approximate surface area is 162 Å². The molecule has 7 nitrogen and oxygen atoms in total. The lowest BCUT2D eigenvalue weighted by molar-refractivity contribution is -0.116. The van der Waals surface area contributed by atoms with Crippen molar-refractivity contribution in [2.24, 2.45) is 0 Å². The van der Waals surface area contributed by atoms with Crippen LogP contribution in [0, 0.1) is 0 Å². The van der Waals surface area contributed by atoms with Crippen molar-refractivity contribution in [1.82, 2.24) is 15.0 Å². The Bertz CT molecular complexity index is 1010. The van der Waals surface area contributed by atoms with Gasteiger partial charge in [0.25, 0.3) is 5.56 Å². The van der Waals surface area contributed by atoms with E-state index in [9.17, 15) is 9.59 Å². The molecule has 1 unspecified atom stereocenters. The number of carbonyl (C=O) groups excluding carboxylic acids is 1. The van der Waals surface area contributed by atoms with E-state index in [1.165, 1.54) is 6.42 Å². The Balaban J connectivity index is 1.67. The average molecular weight is 377 g/mol. The summed E-state index contributed by atoms with van der Waals surface area (Å²) in [6.45, 7) is 1.81. The van der Waals surface area contributed by atoms with Crippen LogP contribution in [0.5, 0.6) is 0 Å². The smallest absolute Gasteiger partial charge is 0.258 e. The predicted octanol–water partition coefficient (Wildman–Crippen LogP) is 2.72. The normalized spacial score (nSPS) is 21.8. The molecule has 0 radical (unpaired) electrons. The Morgan fingerprint density at radius 1 is 1.00 bits per heavy atom. The molecule has 144 valence electrons. The molecule has 28 heavy (non-hydrogen) atoms. The maximum atomic E-state index is 13.2. The number of hydrogen-bond acceptors (Lipinski definition) is 6. The second kappa shape index (κ2) is 6.89. The second-order valence-corrected chi connectivity index (χ2v) is 7.71. The minimum absolute atomic E-state index is 0.112. The van der Waals surface area contributed by atoms with Gasteiger partial charge in [-0.1, -0.05) is 0 Å². The Morgan fingerprint density at radius 2 is 1.79 bits per heavy atom. The van der Waals surface area contributed by atoms with Crippen LogP contribution in [0.25, 0.3) is 0 Å². The highest BCUT2D eigenvalue weighted by Gasteiger charge is 2.38. The second-order valence-electron chi connectivity index (χ2n) is 7.71. The van der Waals surface area contributed by atoms with Gasteiger partial charge in [0.05, 0.1) is 5.56 Å². The summed E-state index contributed by atoms with van der Waals surface area (Å²) in [5, 5.41) is 3.33. The standard InChI is InChI=1S/C21H23N5O2/c27-15-6-4-5-14-17(15)16(13-7-9-22-10-8-13)18-19(23-14)24-21(25-20(18)28)26-11-2-1-3-12-26/h7-10,16H,1-6,11-12H2,(H2,23,24,25,28). The predicted molar refractivity (Wildman–Crippen MR) is 107 cm³/mol. The van der Waals surface area contributed by atoms with Crippen LogP contribution in [0.4, 0.5) is 11.8 Å². The van der Waals surface area contributed by atoms with E-state index in [-0.39, 0.29) is 11.3 Å². The van der Waals surface area contributed by atoms with Crippen LogP contribution in [0.2, 0.25) is 0 Å². The summed E-state index contributed by atoms with van der Waals surface area (Å²) in [7, 11) is 0. The van der Waals surface area contributed by atoms with Gasteiger partial charge >= 0.3 is 0 Å². The van der Waals surface area contributed by atoms with E-state index in [0.717, 1.165) is 50.0 Å². The molecule has 0 bridgehead atoms. The third-order valence-electron chi connectivity index (χ3n) is 5.94. The summed E-state index contributed by atoms with van der Waals surface area (Å²) < 4.78 is 0. The zero-order valence-electron chi connectivity index (χ0n) is 15.7. The first-order chi connectivity index (χ1) is 13.7. The van der Waals surface area contributed by atoms with Crippen LogP contribution in [-0.4, -0.2) is 33.8 Å². The molecule has 0 amide bonds. The first-order valence-electron chi connectivity index (χ1n) is 10.0. The molecule has 2 aliphatic heterocycles. The molecule has 1 aliphatic carbocycles. The number of aromatic amines is 1. The average Bonchev–Trinajstić information content (AvgIpc) is 2.73. The molecular formula is C21H23N5O2. The van der Waals surface area contributed by atoms with E-state index in [1.54, 1.807) is 12.4 Å². The molecule has 5 rings (SSSR count). The maximum Gasteiger partial charge on any atom is 0.258 e. The van der Waals surface area contributed by atoms with Crippen molar-refractivity contribution >= 4 is 17.5 Å². The van der Waals surface area contributed by atoms with Gasteiger partial charge in [-0.15, -0.1) is 0 Å². The number of aromatic nitrogens is 3. The highest BCUT2D eigenvalue weighted by atomic mass is 16.1. The summed E-state index contributed by atoms with van der Waals surface area (Å²) >= 11 is 0. The molecule has 7 heteroatoms. The van der Waals surface area contributed by atoms with Crippen LogP contribution in [0.3, 0.4) is 0 Å². The van der Waals surface area contributed by atoms with E-state index in [2.05, 4.69) is 20.2 Å². The Kier molecular flexibility index (Phi) is 4.22. The summed E-state index contributed by atoms with van der Waals surface area (Å²) in [6, 6.07) is 3.76. The molecule has 0 spiro atoms. The van der Waals surface area contributed by atoms with Gasteiger partial charge in [-0.3, -0.25) is 19.6 Å². The molecule has 2 N–H and O–H groups in total. The number of allylic oxidation sites excluding steroid dienone is 2. The van der Waals surface area contributed by atoms with E-state index >= 15 is 0 Å². The summed E-state index contributed by atoms with van der Waals surface area (Å²) in [5.74, 6) is 0.921. The lowest BCUT2D eigenvalue weighted by atomic mass is 9.77. The van der Waals surface area contributed by atoms with Crippen molar-refractivity contribution in [2.45, 2.75) is 44.4 Å². The molecule has 2 aromatic rings. The number of pyridine rings is 1. The molecule has 2 aromatic heterocycles. The first-order valence-corrected chi connectivity index (χ1v) is 10.0. The minimum atomic E-state index is -0.395. The molecular weight excluding hydrogens is 354 g/mol. The highest BCUT2D eigenvalue weighted by molar-refractivity contribution is 6.00. The number of piperidine rings is 1. The van der Waals surface area contributed by atoms with Gasteiger partial charge in [0, 0.05) is 49.1 Å². The molecule has 3 aliphatic rings. The molecule has 1 saturated heterocycles. The Hall–Kier alpha value is -2.96. The van der Waals surface area contributed by atoms with Crippen LogP contribution < -0.4 is 15.8 Å². The summed E-state index contributed by atoms with van der Waals surface area (Å²) in [5.41, 5.74) is 2.88. The van der Waals surface area contributed by atoms with Crippen molar-refractivity contribution in [3.05, 3.63) is 57.3 Å². The largest absolute Gasteiger partial charge is 0.343 e. The fourth-order valence-corrected chi connectivity index (χ4v) is 4.59. The lowest BCUT2D eigenvalue weighted by Gasteiger charge is -2.34. The number of anilines is 2. The quantitative estimate of drug-likeness (QED) is 0.836. The topological polar surface area (TPSA) is 91.0 Å². The third-order valence-corrected chi connectivity index (χ3v) is 5.94. The van der Waals surface area contributed by atoms with Crippen molar-refractivity contribution in [3.8, 4) is 0 Å². The molecule has 0 aromatic carbocycles. The van der Waals surface area contributed by atoms with Crippen molar-refractivity contribution in [3.63, 3.8) is 0 Å². The van der Waals surface area contributed by atoms with E-state index < -0.39 is 5.92 Å². The van der Waals surface area contributed by atoms with Crippen molar-refractivity contribution in [2.75, 3.05) is 23.3 Å². The fourth-order valence-electron chi connectivity index (χ4n) is 4.59. The van der Waals surface area contributed by atoms with Gasteiger partial charge in [-0.2, -0.15) is 4.98 Å². The number of Topliss-reactive ketones (excluding diaryl/α,β-unsaturated/α-hetero) is 1. The van der Waals surface area contributed by atoms with Gasteiger partial charge in [-0.05, 0) is 49.8 Å². The van der Waals surface area contributed by atoms with Crippen molar-refractivity contribution in [1.29, 1.82) is 0 Å². The zero-order valence-corrected chi connectivity index (χ0v) is 15.7. The molecule has 0 saturated carbocycles. The molecule has 1 atom stereocenters. The van der Waals surface area contributed by atoms with Crippen LogP contribution >= 0.6 is 0 Å². The number of hydrogen-bond donors (Lipinski definition) is 2. The van der Waals surface area contributed by atoms with Crippen LogP contribution in [0.15, 0.2) is 40.6 Å². The zero-order chi connectivity index (χ0) is 19.1. The summed E-state index contributed by atoms with van der Waals surface area (Å²) in [4.78, 5) is 40.0. The highest BCUT2D eigenvalue weighted by Crippen LogP contribution is 2.43. The van der Waals surface area contributed by atoms with Gasteiger partial charge in [0.1, 0.15) is 5.82 Å². The number of ketones is 1. The van der Waals surface area contributed by atoms with Crippen LogP contribution in [-0.2, 0) is 4.79 Å². The number of rotatable bonds is 2. The summed E-state index contributed by atoms with van der Waals surface area (Å²) in [6.07, 6.45) is 8.99. The number of nitrogens with one attached hydrogen (secondary N) is 2. The van der Waals surface area contributed by atoms with Gasteiger partial charge in [0.2, 0.25) is 5.95 Å². The minimum Gasteiger partial charge on any atom is -0.343 e. The first kappa shape index (κ1) is 17.2. The van der Waals surface area contributed by atoms with Gasteiger partial charge in [0.15, 0.2) is 5.78 Å². The number of carbonyl (C=O) groups is 1. The van der Waals surface area contributed by atoms with Crippen LogP contribution in [0.1, 0.15) is 55.6 Å². The third kappa shape index (κ3) is 2.82. The van der Waals surface area contributed by atoms with E-state index in [4.69, 9.17) is 4.98 Å². The lowest BCUT2D eigenvalue weighted by Crippen LogP contribution is -2.36. The number of H-pyrrole nitrogens is 1. The van der Waals surface area contributed by atoms with Gasteiger partial charge < -0.3 is 10.2 Å². The van der Waals surface area contributed by atoms with Gasteiger partial charge in [-0.25, -0.2) is 0 Å². The number of nitrogens with zero attached hydrogens (tertiary/aromatic N) is 3. The SMILES string of the molecule is O=C1CCCC2=C1C(c1ccncc1)c1c(nc(N3CCCCC3)[nH]c1=O)N2.